The highest BCUT2D eigenvalue weighted by Crippen LogP contribution is 2.37. The van der Waals surface area contributed by atoms with Crippen molar-refractivity contribution in [2.75, 3.05) is 0 Å². The molecule has 0 bridgehead atoms. The van der Waals surface area contributed by atoms with Crippen molar-refractivity contribution in [3.8, 4) is 0 Å². The fourth-order valence-electron chi connectivity index (χ4n) is 2.77. The highest BCUT2D eigenvalue weighted by molar-refractivity contribution is 7.86. The van der Waals surface area contributed by atoms with Gasteiger partial charge in [0.1, 0.15) is 0 Å². The highest BCUT2D eigenvalue weighted by atomic mass is 32.2. The van der Waals surface area contributed by atoms with Crippen LogP contribution < -0.4 is 0 Å². The van der Waals surface area contributed by atoms with Gasteiger partial charge in [0.15, 0.2) is 6.17 Å². The Labute approximate surface area is 165 Å². The lowest BCUT2D eigenvalue weighted by atomic mass is 10.0. The average Bonchev–Trinajstić information content (AvgIpc) is 2.70. The topological polar surface area (TPSA) is 43.4 Å². The normalized spacial score (nSPS) is 14.5. The summed E-state index contributed by atoms with van der Waals surface area (Å²) in [4.78, 5) is -0.486. The summed E-state index contributed by atoms with van der Waals surface area (Å²) in [7, 11) is -4.88. The standard InChI is InChI=1S/C21H16F4O3S/c1-2-14-7-9-16(10-8-14)19(22)20(21(23,24)25)28-29(26,27)18-12-11-15-5-3-4-6-17(15)13-18/h2-13,19-20H,1H2/t19?,20-/m0/s1. The van der Waals surface area contributed by atoms with E-state index >= 15 is 0 Å². The van der Waals surface area contributed by atoms with Crippen LogP contribution in [0.2, 0.25) is 0 Å². The Bertz CT molecular complexity index is 1120. The molecule has 3 aromatic carbocycles. The molecule has 0 radical (unpaired) electrons. The summed E-state index contributed by atoms with van der Waals surface area (Å²) in [6.45, 7) is 3.51. The van der Waals surface area contributed by atoms with Gasteiger partial charge in [0.2, 0.25) is 6.10 Å². The molecule has 0 aromatic heterocycles. The fourth-order valence-corrected chi connectivity index (χ4v) is 3.87. The van der Waals surface area contributed by atoms with Gasteiger partial charge in [0, 0.05) is 0 Å². The monoisotopic (exact) mass is 424 g/mol. The fraction of sp³-hybridized carbons (Fsp3) is 0.143. The van der Waals surface area contributed by atoms with Crippen LogP contribution in [0.15, 0.2) is 78.2 Å². The second-order valence-corrected chi connectivity index (χ2v) is 7.87. The van der Waals surface area contributed by atoms with E-state index in [2.05, 4.69) is 10.8 Å². The lowest BCUT2D eigenvalue weighted by Crippen LogP contribution is -2.37. The van der Waals surface area contributed by atoms with Crippen LogP contribution in [0.1, 0.15) is 17.3 Å². The van der Waals surface area contributed by atoms with Gasteiger partial charge in [0.05, 0.1) is 4.90 Å². The Morgan fingerprint density at radius 3 is 2.14 bits per heavy atom. The largest absolute Gasteiger partial charge is 0.419 e. The van der Waals surface area contributed by atoms with Crippen LogP contribution in [0.25, 0.3) is 16.8 Å². The number of rotatable bonds is 6. The van der Waals surface area contributed by atoms with Crippen LogP contribution in [0.5, 0.6) is 0 Å². The maximum atomic E-state index is 14.7. The molecule has 0 aliphatic carbocycles. The van der Waals surface area contributed by atoms with Gasteiger partial charge in [-0.05, 0) is 34.0 Å². The van der Waals surface area contributed by atoms with Crippen LogP contribution in [-0.2, 0) is 14.3 Å². The third-order valence-electron chi connectivity index (χ3n) is 4.32. The van der Waals surface area contributed by atoms with Gasteiger partial charge in [-0.2, -0.15) is 21.6 Å². The minimum atomic E-state index is -5.25. The molecule has 0 heterocycles. The van der Waals surface area contributed by atoms with Gasteiger partial charge in [-0.15, -0.1) is 0 Å². The van der Waals surface area contributed by atoms with Gasteiger partial charge in [0.25, 0.3) is 10.1 Å². The molecular formula is C21H16F4O3S. The summed E-state index contributed by atoms with van der Waals surface area (Å²) >= 11 is 0. The molecule has 2 atom stereocenters. The Morgan fingerprint density at radius 1 is 0.931 bits per heavy atom. The van der Waals surface area contributed by atoms with E-state index in [4.69, 9.17) is 0 Å². The summed E-state index contributed by atoms with van der Waals surface area (Å²) in [5.41, 5.74) is 0.223. The van der Waals surface area contributed by atoms with Crippen LogP contribution in [0.3, 0.4) is 0 Å². The van der Waals surface area contributed by atoms with Crippen molar-refractivity contribution in [2.45, 2.75) is 23.3 Å². The zero-order valence-electron chi connectivity index (χ0n) is 14.9. The summed E-state index contributed by atoms with van der Waals surface area (Å²) in [6, 6.07) is 15.5. The summed E-state index contributed by atoms with van der Waals surface area (Å²) in [6.07, 6.45) is -9.73. The molecule has 0 saturated carbocycles. The van der Waals surface area contributed by atoms with Gasteiger partial charge in [-0.1, -0.05) is 67.3 Å². The summed E-state index contributed by atoms with van der Waals surface area (Å²) in [5.74, 6) is 0. The van der Waals surface area contributed by atoms with Crippen LogP contribution in [0.4, 0.5) is 17.6 Å². The van der Waals surface area contributed by atoms with Crippen molar-refractivity contribution in [1.82, 2.24) is 0 Å². The number of hydrogen-bond acceptors (Lipinski definition) is 3. The molecule has 152 valence electrons. The zero-order valence-corrected chi connectivity index (χ0v) is 15.8. The predicted octanol–water partition coefficient (Wildman–Crippen LogP) is 5.83. The third kappa shape index (κ3) is 4.65. The number of hydrogen-bond donors (Lipinski definition) is 0. The van der Waals surface area contributed by atoms with Gasteiger partial charge in [-0.3, -0.25) is 0 Å². The number of benzene rings is 3. The molecule has 0 aliphatic heterocycles. The number of halogens is 4. The molecule has 3 rings (SSSR count). The van der Waals surface area contributed by atoms with Crippen molar-refractivity contribution in [3.63, 3.8) is 0 Å². The van der Waals surface area contributed by atoms with E-state index in [1.165, 1.54) is 30.3 Å². The van der Waals surface area contributed by atoms with E-state index < -0.39 is 33.5 Å². The summed E-state index contributed by atoms with van der Waals surface area (Å²) < 4.78 is 84.4. The molecule has 8 heteroatoms. The Morgan fingerprint density at radius 2 is 1.55 bits per heavy atom. The van der Waals surface area contributed by atoms with Gasteiger partial charge >= 0.3 is 6.18 Å². The Balaban J connectivity index is 1.94. The smallest absolute Gasteiger partial charge is 0.250 e. The van der Waals surface area contributed by atoms with Crippen LogP contribution in [0, 0.1) is 0 Å². The van der Waals surface area contributed by atoms with Crippen LogP contribution in [-0.4, -0.2) is 20.7 Å². The first-order valence-electron chi connectivity index (χ1n) is 8.47. The second kappa shape index (κ2) is 7.96. The van der Waals surface area contributed by atoms with E-state index in [0.717, 1.165) is 18.2 Å². The van der Waals surface area contributed by atoms with E-state index in [0.29, 0.717) is 16.3 Å². The summed E-state index contributed by atoms with van der Waals surface area (Å²) in [5, 5.41) is 1.20. The quantitative estimate of drug-likeness (QED) is 0.369. The molecular weight excluding hydrogens is 408 g/mol. The minimum Gasteiger partial charge on any atom is -0.250 e. The molecule has 1 unspecified atom stereocenters. The van der Waals surface area contributed by atoms with E-state index in [9.17, 15) is 26.0 Å². The predicted molar refractivity (Wildman–Crippen MR) is 102 cm³/mol. The molecule has 0 fully saturated rings. The number of alkyl halides is 4. The molecule has 0 N–H and O–H groups in total. The van der Waals surface area contributed by atoms with E-state index in [-0.39, 0.29) is 5.56 Å². The molecule has 0 aliphatic rings. The van der Waals surface area contributed by atoms with Gasteiger partial charge in [-0.25, -0.2) is 8.57 Å². The Hall–Kier alpha value is -2.71. The second-order valence-electron chi connectivity index (χ2n) is 6.29. The lowest BCUT2D eigenvalue weighted by Gasteiger charge is -2.24. The van der Waals surface area contributed by atoms with Crippen molar-refractivity contribution in [3.05, 3.63) is 84.4 Å². The Kier molecular flexibility index (Phi) is 5.77. The minimum absolute atomic E-state index is 0.355. The molecule has 3 nitrogen and oxygen atoms in total. The van der Waals surface area contributed by atoms with Crippen LogP contribution >= 0.6 is 0 Å². The first-order valence-corrected chi connectivity index (χ1v) is 9.88. The lowest BCUT2D eigenvalue weighted by molar-refractivity contribution is -0.211. The van der Waals surface area contributed by atoms with E-state index in [1.54, 1.807) is 24.3 Å². The molecule has 0 saturated heterocycles. The van der Waals surface area contributed by atoms with Crippen molar-refractivity contribution >= 4 is 27.0 Å². The SMILES string of the molecule is C=Cc1ccc(C(F)[C@H](OS(=O)(=O)c2ccc3ccccc3c2)C(F)(F)F)cc1. The number of fused-ring (bicyclic) bond motifs is 1. The molecule has 29 heavy (non-hydrogen) atoms. The van der Waals surface area contributed by atoms with Crippen molar-refractivity contribution < 1.29 is 30.2 Å². The third-order valence-corrected chi connectivity index (χ3v) is 5.61. The average molecular weight is 424 g/mol. The first-order chi connectivity index (χ1) is 13.6. The molecule has 3 aromatic rings. The van der Waals surface area contributed by atoms with Crippen molar-refractivity contribution in [1.29, 1.82) is 0 Å². The maximum absolute atomic E-state index is 14.7. The zero-order chi connectivity index (χ0) is 21.2. The maximum Gasteiger partial charge on any atom is 0.419 e. The molecule has 0 amide bonds. The first kappa shape index (κ1) is 21.0. The van der Waals surface area contributed by atoms with E-state index in [1.807, 2.05) is 0 Å². The highest BCUT2D eigenvalue weighted by Gasteiger charge is 2.50. The molecule has 0 spiro atoms. The van der Waals surface area contributed by atoms with Gasteiger partial charge < -0.3 is 0 Å². The van der Waals surface area contributed by atoms with Crippen molar-refractivity contribution in [2.24, 2.45) is 0 Å².